The summed E-state index contributed by atoms with van der Waals surface area (Å²) in [7, 11) is 1.47. The molecular weight excluding hydrogens is 252 g/mol. The van der Waals surface area contributed by atoms with Crippen LogP contribution in [0.15, 0.2) is 18.2 Å². The summed E-state index contributed by atoms with van der Waals surface area (Å²) in [5, 5.41) is 9.59. The van der Waals surface area contributed by atoms with Gasteiger partial charge in [0.1, 0.15) is 6.54 Å². The predicted molar refractivity (Wildman–Crippen MR) is 69.0 cm³/mol. The maximum atomic E-state index is 12.0. The molecule has 0 aliphatic rings. The highest BCUT2D eigenvalue weighted by Gasteiger charge is 2.15. The van der Waals surface area contributed by atoms with Gasteiger partial charge in [-0.3, -0.25) is 9.59 Å². The van der Waals surface area contributed by atoms with Gasteiger partial charge in [0.15, 0.2) is 0 Å². The van der Waals surface area contributed by atoms with Crippen molar-refractivity contribution in [2.24, 2.45) is 0 Å². The molecule has 0 spiro atoms. The van der Waals surface area contributed by atoms with Crippen LogP contribution < -0.4 is 0 Å². The summed E-state index contributed by atoms with van der Waals surface area (Å²) in [5.41, 5.74) is 1.23. The molecule has 1 amide bonds. The minimum absolute atomic E-state index is 0.313. The smallest absolute Gasteiger partial charge is 0.323 e. The molecule has 18 heavy (non-hydrogen) atoms. The van der Waals surface area contributed by atoms with E-state index in [0.717, 1.165) is 15.2 Å². The summed E-state index contributed by atoms with van der Waals surface area (Å²) in [6.07, 6.45) is 0. The highest BCUT2D eigenvalue weighted by molar-refractivity contribution is 7.18. The molecule has 0 fully saturated rings. The molecule has 0 aliphatic carbocycles. The molecule has 0 saturated carbocycles. The monoisotopic (exact) mass is 264 g/mol. The fraction of sp³-hybridized carbons (Fsp3) is 0.250. The van der Waals surface area contributed by atoms with Gasteiger partial charge in [-0.1, -0.05) is 0 Å². The Morgan fingerprint density at radius 2 is 2.17 bits per heavy atom. The van der Waals surface area contributed by atoms with E-state index in [1.54, 1.807) is 23.5 Å². The number of hydrogen-bond donors (Lipinski definition) is 1. The number of thiazole rings is 1. The van der Waals surface area contributed by atoms with Gasteiger partial charge in [0.2, 0.25) is 0 Å². The maximum Gasteiger partial charge on any atom is 0.323 e. The molecule has 1 aromatic heterocycles. The molecule has 0 aliphatic heterocycles. The van der Waals surface area contributed by atoms with Gasteiger partial charge in [-0.25, -0.2) is 4.98 Å². The molecule has 1 N–H and O–H groups in total. The first kappa shape index (κ1) is 12.5. The second-order valence-corrected chi connectivity index (χ2v) is 5.21. The van der Waals surface area contributed by atoms with Gasteiger partial charge in [-0.05, 0) is 25.1 Å². The van der Waals surface area contributed by atoms with Crippen LogP contribution in [0.1, 0.15) is 15.4 Å². The van der Waals surface area contributed by atoms with E-state index >= 15 is 0 Å². The topological polar surface area (TPSA) is 70.5 Å². The molecule has 1 heterocycles. The fourth-order valence-electron chi connectivity index (χ4n) is 1.67. The van der Waals surface area contributed by atoms with E-state index in [1.807, 2.05) is 13.0 Å². The zero-order valence-electron chi connectivity index (χ0n) is 10.0. The first-order valence-electron chi connectivity index (χ1n) is 5.32. The van der Waals surface area contributed by atoms with Crippen molar-refractivity contribution >= 4 is 33.4 Å². The van der Waals surface area contributed by atoms with Crippen LogP contribution in [0.2, 0.25) is 0 Å². The largest absolute Gasteiger partial charge is 0.480 e. The van der Waals surface area contributed by atoms with Gasteiger partial charge in [-0.2, -0.15) is 0 Å². The number of rotatable bonds is 3. The average molecular weight is 264 g/mol. The number of carboxylic acids is 1. The van der Waals surface area contributed by atoms with Crippen LogP contribution >= 0.6 is 11.3 Å². The molecule has 0 unspecified atom stereocenters. The lowest BCUT2D eigenvalue weighted by atomic mass is 10.2. The van der Waals surface area contributed by atoms with Crippen LogP contribution in [0.5, 0.6) is 0 Å². The minimum atomic E-state index is -1.03. The average Bonchev–Trinajstić information content (AvgIpc) is 2.65. The van der Waals surface area contributed by atoms with E-state index in [-0.39, 0.29) is 12.5 Å². The zero-order valence-corrected chi connectivity index (χ0v) is 10.8. The number of benzene rings is 1. The highest BCUT2D eigenvalue weighted by atomic mass is 32.1. The standard InChI is InChI=1S/C12H12N2O3S/c1-7-13-9-5-8(3-4-10(9)18-7)12(17)14(2)6-11(15)16/h3-5H,6H2,1-2H3,(H,15,16). The molecular formula is C12H12N2O3S. The molecule has 1 aromatic carbocycles. The van der Waals surface area contributed by atoms with E-state index in [2.05, 4.69) is 4.98 Å². The maximum absolute atomic E-state index is 12.0. The van der Waals surface area contributed by atoms with Crippen molar-refractivity contribution in [1.29, 1.82) is 0 Å². The molecule has 2 rings (SSSR count). The molecule has 94 valence electrons. The van der Waals surface area contributed by atoms with Crippen molar-refractivity contribution in [2.75, 3.05) is 13.6 Å². The number of carbonyl (C=O) groups is 2. The quantitative estimate of drug-likeness (QED) is 0.917. The molecule has 0 saturated heterocycles. The number of hydrogen-bond acceptors (Lipinski definition) is 4. The van der Waals surface area contributed by atoms with Crippen molar-refractivity contribution in [3.63, 3.8) is 0 Å². The fourth-order valence-corrected chi connectivity index (χ4v) is 2.48. The Hall–Kier alpha value is -1.95. The lowest BCUT2D eigenvalue weighted by molar-refractivity contribution is -0.137. The van der Waals surface area contributed by atoms with E-state index in [1.165, 1.54) is 11.9 Å². The number of aryl methyl sites for hydroxylation is 1. The number of aromatic nitrogens is 1. The molecule has 5 nitrogen and oxygen atoms in total. The molecule has 0 radical (unpaired) electrons. The minimum Gasteiger partial charge on any atom is -0.480 e. The second-order valence-electron chi connectivity index (χ2n) is 3.97. The number of carboxylic acid groups (broad SMARTS) is 1. The Labute approximate surface area is 108 Å². The number of amides is 1. The van der Waals surface area contributed by atoms with Crippen molar-refractivity contribution in [3.05, 3.63) is 28.8 Å². The van der Waals surface area contributed by atoms with Gasteiger partial charge in [0.05, 0.1) is 15.2 Å². The van der Waals surface area contributed by atoms with Gasteiger partial charge in [0.25, 0.3) is 5.91 Å². The van der Waals surface area contributed by atoms with Crippen molar-refractivity contribution < 1.29 is 14.7 Å². The first-order chi connectivity index (χ1) is 8.47. The molecule has 2 aromatic rings. The van der Waals surface area contributed by atoms with Crippen molar-refractivity contribution in [2.45, 2.75) is 6.92 Å². The lowest BCUT2D eigenvalue weighted by Crippen LogP contribution is -2.31. The summed E-state index contributed by atoms with van der Waals surface area (Å²) in [6.45, 7) is 1.59. The molecule has 0 bridgehead atoms. The van der Waals surface area contributed by atoms with Crippen LogP contribution in [0.25, 0.3) is 10.2 Å². The zero-order chi connectivity index (χ0) is 13.3. The summed E-state index contributed by atoms with van der Waals surface area (Å²) < 4.78 is 1.02. The molecule has 0 atom stereocenters. The third kappa shape index (κ3) is 2.48. The summed E-state index contributed by atoms with van der Waals surface area (Å²) in [6, 6.07) is 5.22. The van der Waals surface area contributed by atoms with E-state index in [0.29, 0.717) is 5.56 Å². The summed E-state index contributed by atoms with van der Waals surface area (Å²) >= 11 is 1.56. The van der Waals surface area contributed by atoms with Crippen molar-refractivity contribution in [1.82, 2.24) is 9.88 Å². The number of aliphatic carboxylic acids is 1. The lowest BCUT2D eigenvalue weighted by Gasteiger charge is -2.14. The van der Waals surface area contributed by atoms with E-state index in [9.17, 15) is 9.59 Å². The molecule has 6 heteroatoms. The van der Waals surface area contributed by atoms with Gasteiger partial charge in [-0.15, -0.1) is 11.3 Å². The van der Waals surface area contributed by atoms with E-state index < -0.39 is 5.97 Å². The highest BCUT2D eigenvalue weighted by Crippen LogP contribution is 2.22. The van der Waals surface area contributed by atoms with E-state index in [4.69, 9.17) is 5.11 Å². The Balaban J connectivity index is 2.30. The third-order valence-corrected chi connectivity index (χ3v) is 3.41. The Bertz CT molecular complexity index is 621. The Morgan fingerprint density at radius 3 is 2.83 bits per heavy atom. The number of fused-ring (bicyclic) bond motifs is 1. The van der Waals surface area contributed by atoms with Crippen molar-refractivity contribution in [3.8, 4) is 0 Å². The SMILES string of the molecule is Cc1nc2cc(C(=O)N(C)CC(=O)O)ccc2s1. The van der Waals surface area contributed by atoms with Crippen LogP contribution in [0, 0.1) is 6.92 Å². The van der Waals surface area contributed by atoms with Gasteiger partial charge < -0.3 is 10.0 Å². The number of likely N-dealkylation sites (N-methyl/N-ethyl adjacent to an activating group) is 1. The summed E-state index contributed by atoms with van der Waals surface area (Å²) in [4.78, 5) is 28.0. The third-order valence-electron chi connectivity index (χ3n) is 2.46. The predicted octanol–water partition coefficient (Wildman–Crippen LogP) is 1.76. The Kier molecular flexibility index (Phi) is 3.29. The Morgan fingerprint density at radius 1 is 1.44 bits per heavy atom. The number of nitrogens with zero attached hydrogens (tertiary/aromatic N) is 2. The van der Waals surface area contributed by atoms with Gasteiger partial charge in [0, 0.05) is 12.6 Å². The first-order valence-corrected chi connectivity index (χ1v) is 6.13. The van der Waals surface area contributed by atoms with Crippen LogP contribution in [0.4, 0.5) is 0 Å². The van der Waals surface area contributed by atoms with Crippen LogP contribution in [0.3, 0.4) is 0 Å². The van der Waals surface area contributed by atoms with Gasteiger partial charge >= 0.3 is 5.97 Å². The number of carbonyl (C=O) groups excluding carboxylic acids is 1. The van der Waals surface area contributed by atoms with Crippen LogP contribution in [-0.2, 0) is 4.79 Å². The van der Waals surface area contributed by atoms with Crippen LogP contribution in [-0.4, -0.2) is 40.5 Å². The second kappa shape index (κ2) is 4.73. The summed E-state index contributed by atoms with van der Waals surface area (Å²) in [5.74, 6) is -1.35. The normalized spacial score (nSPS) is 10.6.